The van der Waals surface area contributed by atoms with Crippen LogP contribution < -0.4 is 14.8 Å². The molecular weight excluding hydrogens is 416 g/mol. The average molecular weight is 435 g/mol. The Kier molecular flexibility index (Phi) is 5.81. The summed E-state index contributed by atoms with van der Waals surface area (Å²) < 4.78 is 34.4. The highest BCUT2D eigenvalue weighted by atomic mass is 35.5. The Bertz CT molecular complexity index is 1160. The molecule has 8 nitrogen and oxygen atoms in total. The van der Waals surface area contributed by atoms with Crippen molar-refractivity contribution in [2.45, 2.75) is 11.8 Å². The molecule has 0 aliphatic heterocycles. The van der Waals surface area contributed by atoms with Gasteiger partial charge in [-0.3, -0.25) is 14.2 Å². The number of para-hydroxylation sites is 2. The SMILES string of the molecule is COc1ccccc1NS(=O)(=O)c1ccc(NC(=O)c2nn(C)c(C)c2Cl)cc1. The molecule has 0 aliphatic carbocycles. The van der Waals surface area contributed by atoms with Gasteiger partial charge in [0.25, 0.3) is 15.9 Å². The molecule has 1 aromatic heterocycles. The molecule has 2 N–H and O–H groups in total. The van der Waals surface area contributed by atoms with Gasteiger partial charge < -0.3 is 10.1 Å². The van der Waals surface area contributed by atoms with Gasteiger partial charge in [-0.2, -0.15) is 5.10 Å². The van der Waals surface area contributed by atoms with Crippen molar-refractivity contribution in [1.82, 2.24) is 9.78 Å². The number of halogens is 1. The van der Waals surface area contributed by atoms with Crippen LogP contribution in [0.2, 0.25) is 5.02 Å². The van der Waals surface area contributed by atoms with Crippen molar-refractivity contribution in [3.8, 4) is 5.75 Å². The molecule has 1 amide bonds. The van der Waals surface area contributed by atoms with Crippen LogP contribution in [0.3, 0.4) is 0 Å². The van der Waals surface area contributed by atoms with Crippen LogP contribution in [-0.4, -0.2) is 31.2 Å². The number of nitrogens with zero attached hydrogens (tertiary/aromatic N) is 2. The molecule has 3 rings (SSSR count). The van der Waals surface area contributed by atoms with Gasteiger partial charge in [0.2, 0.25) is 0 Å². The van der Waals surface area contributed by atoms with Gasteiger partial charge in [-0.25, -0.2) is 8.42 Å². The Morgan fingerprint density at radius 1 is 1.14 bits per heavy atom. The number of hydrogen-bond acceptors (Lipinski definition) is 5. The van der Waals surface area contributed by atoms with Crippen molar-refractivity contribution >= 4 is 38.9 Å². The van der Waals surface area contributed by atoms with Gasteiger partial charge in [-0.05, 0) is 43.3 Å². The second kappa shape index (κ2) is 8.14. The summed E-state index contributed by atoms with van der Waals surface area (Å²) in [6.45, 7) is 1.75. The monoisotopic (exact) mass is 434 g/mol. The molecule has 0 bridgehead atoms. The summed E-state index contributed by atoms with van der Waals surface area (Å²) in [6.07, 6.45) is 0. The summed E-state index contributed by atoms with van der Waals surface area (Å²) in [5.74, 6) is -0.0797. The summed E-state index contributed by atoms with van der Waals surface area (Å²) in [7, 11) is -0.687. The summed E-state index contributed by atoms with van der Waals surface area (Å²) in [5.41, 5.74) is 1.50. The normalized spacial score (nSPS) is 11.2. The van der Waals surface area contributed by atoms with E-state index in [1.54, 1.807) is 38.2 Å². The molecule has 3 aromatic rings. The summed E-state index contributed by atoms with van der Waals surface area (Å²) >= 11 is 6.12. The molecule has 0 spiro atoms. The molecule has 2 aromatic carbocycles. The Balaban J connectivity index is 1.77. The van der Waals surface area contributed by atoms with Crippen LogP contribution in [0.1, 0.15) is 16.2 Å². The van der Waals surface area contributed by atoms with E-state index in [1.807, 2.05) is 0 Å². The van der Waals surface area contributed by atoms with E-state index in [0.29, 0.717) is 22.8 Å². The number of carbonyl (C=O) groups excluding carboxylic acids is 1. The van der Waals surface area contributed by atoms with Crippen LogP contribution in [-0.2, 0) is 17.1 Å². The van der Waals surface area contributed by atoms with Gasteiger partial charge in [0.15, 0.2) is 5.69 Å². The molecule has 29 heavy (non-hydrogen) atoms. The van der Waals surface area contributed by atoms with E-state index in [-0.39, 0.29) is 15.6 Å². The van der Waals surface area contributed by atoms with E-state index in [2.05, 4.69) is 15.1 Å². The molecule has 10 heteroatoms. The highest BCUT2D eigenvalue weighted by Gasteiger charge is 2.19. The maximum atomic E-state index is 12.6. The minimum atomic E-state index is -3.83. The van der Waals surface area contributed by atoms with Crippen molar-refractivity contribution < 1.29 is 17.9 Å². The van der Waals surface area contributed by atoms with Crippen molar-refractivity contribution in [2.24, 2.45) is 7.05 Å². The number of aryl methyl sites for hydroxylation is 1. The highest BCUT2D eigenvalue weighted by molar-refractivity contribution is 7.92. The second-order valence-corrected chi connectivity index (χ2v) is 8.22. The fraction of sp³-hybridized carbons (Fsp3) is 0.158. The van der Waals surface area contributed by atoms with Crippen LogP contribution in [0.4, 0.5) is 11.4 Å². The van der Waals surface area contributed by atoms with Crippen molar-refractivity contribution in [3.63, 3.8) is 0 Å². The zero-order valence-corrected chi connectivity index (χ0v) is 17.5. The third-order valence-electron chi connectivity index (χ3n) is 4.25. The number of anilines is 2. The minimum Gasteiger partial charge on any atom is -0.495 e. The van der Waals surface area contributed by atoms with E-state index in [1.165, 1.54) is 36.1 Å². The van der Waals surface area contributed by atoms with E-state index in [9.17, 15) is 13.2 Å². The molecule has 152 valence electrons. The number of methoxy groups -OCH3 is 1. The Labute approximate surface area is 173 Å². The Hall–Kier alpha value is -3.04. The maximum absolute atomic E-state index is 12.6. The highest BCUT2D eigenvalue weighted by Crippen LogP contribution is 2.27. The number of amides is 1. The van der Waals surface area contributed by atoms with Crippen LogP contribution in [0.5, 0.6) is 5.75 Å². The standard InChI is InChI=1S/C19H19ClN4O4S/c1-12-17(20)18(22-24(12)2)19(25)21-13-8-10-14(11-9-13)29(26,27)23-15-6-4-5-7-16(15)28-3/h4-11,23H,1-3H3,(H,21,25). The molecular formula is C19H19ClN4O4S. The Morgan fingerprint density at radius 2 is 1.79 bits per heavy atom. The summed E-state index contributed by atoms with van der Waals surface area (Å²) in [6, 6.07) is 12.4. The van der Waals surface area contributed by atoms with E-state index >= 15 is 0 Å². The number of nitrogens with one attached hydrogen (secondary N) is 2. The van der Waals surface area contributed by atoms with Crippen molar-refractivity contribution in [1.29, 1.82) is 0 Å². The van der Waals surface area contributed by atoms with Gasteiger partial charge in [0.05, 0.1) is 28.4 Å². The average Bonchev–Trinajstić information content (AvgIpc) is 2.96. The molecule has 0 aliphatic rings. The van der Waals surface area contributed by atoms with Crippen LogP contribution in [0.15, 0.2) is 53.4 Å². The lowest BCUT2D eigenvalue weighted by Gasteiger charge is -2.12. The quantitative estimate of drug-likeness (QED) is 0.618. The first kappa shape index (κ1) is 20.7. The maximum Gasteiger partial charge on any atom is 0.277 e. The number of hydrogen-bond donors (Lipinski definition) is 2. The smallest absolute Gasteiger partial charge is 0.277 e. The van der Waals surface area contributed by atoms with Crippen LogP contribution >= 0.6 is 11.6 Å². The molecule has 0 fully saturated rings. The van der Waals surface area contributed by atoms with E-state index in [4.69, 9.17) is 16.3 Å². The zero-order chi connectivity index (χ0) is 21.2. The van der Waals surface area contributed by atoms with Crippen LogP contribution in [0, 0.1) is 6.92 Å². The fourth-order valence-corrected chi connectivity index (χ4v) is 3.88. The Morgan fingerprint density at radius 3 is 2.38 bits per heavy atom. The molecule has 0 atom stereocenters. The first-order valence-corrected chi connectivity index (χ1v) is 10.4. The van der Waals surface area contributed by atoms with E-state index < -0.39 is 15.9 Å². The number of aromatic nitrogens is 2. The summed E-state index contributed by atoms with van der Waals surface area (Å²) in [4.78, 5) is 12.4. The summed E-state index contributed by atoms with van der Waals surface area (Å²) in [5, 5.41) is 7.00. The van der Waals surface area contributed by atoms with Gasteiger partial charge in [0.1, 0.15) is 5.75 Å². The van der Waals surface area contributed by atoms with Crippen LogP contribution in [0.25, 0.3) is 0 Å². The van der Waals surface area contributed by atoms with Crippen molar-refractivity contribution in [2.75, 3.05) is 17.1 Å². The van der Waals surface area contributed by atoms with Gasteiger partial charge in [0, 0.05) is 12.7 Å². The fourth-order valence-electron chi connectivity index (χ4n) is 2.57. The molecule has 0 unspecified atom stereocenters. The van der Waals surface area contributed by atoms with Gasteiger partial charge >= 0.3 is 0 Å². The topological polar surface area (TPSA) is 102 Å². The zero-order valence-electron chi connectivity index (χ0n) is 15.9. The largest absolute Gasteiger partial charge is 0.495 e. The lowest BCUT2D eigenvalue weighted by atomic mass is 10.3. The molecule has 0 saturated heterocycles. The number of carbonyl (C=O) groups is 1. The number of ether oxygens (including phenoxy) is 1. The number of sulfonamides is 1. The van der Waals surface area contributed by atoms with Gasteiger partial charge in [-0.1, -0.05) is 23.7 Å². The minimum absolute atomic E-state index is 0.0353. The first-order chi connectivity index (χ1) is 13.7. The number of benzene rings is 2. The number of rotatable bonds is 6. The lowest BCUT2D eigenvalue weighted by Crippen LogP contribution is -2.15. The lowest BCUT2D eigenvalue weighted by molar-refractivity contribution is 0.102. The molecule has 1 heterocycles. The van der Waals surface area contributed by atoms with Crippen molar-refractivity contribution in [3.05, 3.63) is 64.9 Å². The predicted molar refractivity (Wildman–Crippen MR) is 111 cm³/mol. The van der Waals surface area contributed by atoms with E-state index in [0.717, 1.165) is 0 Å². The molecule has 0 saturated carbocycles. The molecule has 0 radical (unpaired) electrons. The third-order valence-corrected chi connectivity index (χ3v) is 6.08. The third kappa shape index (κ3) is 4.36. The predicted octanol–water partition coefficient (Wildman–Crippen LogP) is 3.44. The van der Waals surface area contributed by atoms with Gasteiger partial charge in [-0.15, -0.1) is 0 Å². The second-order valence-electron chi connectivity index (χ2n) is 6.16. The first-order valence-electron chi connectivity index (χ1n) is 8.49.